The van der Waals surface area contributed by atoms with Gasteiger partial charge in [0, 0.05) is 26.2 Å². The number of aromatic nitrogens is 2. The molecular formula is C19H19FN4O4S. The molecule has 2 aromatic heterocycles. The van der Waals surface area contributed by atoms with Crippen molar-refractivity contribution in [3.8, 4) is 17.2 Å². The van der Waals surface area contributed by atoms with E-state index in [1.54, 1.807) is 18.4 Å². The smallest absolute Gasteiger partial charge is 0.243 e. The second-order valence-electron chi connectivity index (χ2n) is 6.44. The topological polar surface area (TPSA) is 88.8 Å². The first-order valence-electron chi connectivity index (χ1n) is 8.95. The Bertz CT molecular complexity index is 1080. The minimum absolute atomic E-state index is 0.00494. The first kappa shape index (κ1) is 19.3. The highest BCUT2D eigenvalue weighted by Crippen LogP contribution is 2.25. The lowest BCUT2D eigenvalue weighted by molar-refractivity contribution is 0.379. The Morgan fingerprint density at radius 3 is 2.45 bits per heavy atom. The number of piperazine rings is 1. The molecule has 152 valence electrons. The van der Waals surface area contributed by atoms with Crippen molar-refractivity contribution in [1.82, 2.24) is 14.5 Å². The number of ether oxygens (including phenoxy) is 1. The summed E-state index contributed by atoms with van der Waals surface area (Å²) in [5.41, 5.74) is 0.626. The molecule has 1 aliphatic rings. The van der Waals surface area contributed by atoms with E-state index in [9.17, 15) is 12.8 Å². The highest BCUT2D eigenvalue weighted by molar-refractivity contribution is 7.89. The lowest BCUT2D eigenvalue weighted by Crippen LogP contribution is -2.49. The largest absolute Gasteiger partial charge is 0.494 e. The number of hydrogen-bond acceptors (Lipinski definition) is 7. The zero-order chi connectivity index (χ0) is 20.4. The SMILES string of the molecule is COc1ccc(S(=O)(=O)N2CCN(c3ccc(-c4ccco4)nn3)CC2)cc1F. The van der Waals surface area contributed by atoms with Crippen molar-refractivity contribution >= 4 is 15.8 Å². The summed E-state index contributed by atoms with van der Waals surface area (Å²) in [4.78, 5) is 1.87. The molecule has 0 atom stereocenters. The van der Waals surface area contributed by atoms with Crippen molar-refractivity contribution in [3.05, 3.63) is 54.5 Å². The van der Waals surface area contributed by atoms with E-state index in [-0.39, 0.29) is 23.7 Å². The van der Waals surface area contributed by atoms with Crippen LogP contribution in [-0.4, -0.2) is 56.2 Å². The van der Waals surface area contributed by atoms with Crippen LogP contribution in [-0.2, 0) is 10.0 Å². The highest BCUT2D eigenvalue weighted by Gasteiger charge is 2.29. The first-order chi connectivity index (χ1) is 14.0. The molecule has 0 saturated carbocycles. The van der Waals surface area contributed by atoms with Crippen LogP contribution >= 0.6 is 0 Å². The molecule has 3 heterocycles. The molecule has 10 heteroatoms. The summed E-state index contributed by atoms with van der Waals surface area (Å²) >= 11 is 0. The van der Waals surface area contributed by atoms with Gasteiger partial charge in [-0.2, -0.15) is 4.31 Å². The molecule has 0 radical (unpaired) electrons. The summed E-state index contributed by atoms with van der Waals surface area (Å²) in [5, 5.41) is 8.39. The third kappa shape index (κ3) is 3.81. The lowest BCUT2D eigenvalue weighted by Gasteiger charge is -2.34. The fourth-order valence-electron chi connectivity index (χ4n) is 3.16. The van der Waals surface area contributed by atoms with Gasteiger partial charge in [-0.3, -0.25) is 0 Å². The number of methoxy groups -OCH3 is 1. The second-order valence-corrected chi connectivity index (χ2v) is 8.38. The van der Waals surface area contributed by atoms with E-state index in [4.69, 9.17) is 9.15 Å². The molecule has 1 aromatic carbocycles. The van der Waals surface area contributed by atoms with Crippen LogP contribution in [0.1, 0.15) is 0 Å². The van der Waals surface area contributed by atoms with Gasteiger partial charge in [-0.05, 0) is 42.5 Å². The number of benzene rings is 1. The van der Waals surface area contributed by atoms with Crippen molar-refractivity contribution in [2.24, 2.45) is 0 Å². The van der Waals surface area contributed by atoms with Gasteiger partial charge in [0.05, 0.1) is 18.3 Å². The maximum Gasteiger partial charge on any atom is 0.243 e. The summed E-state index contributed by atoms with van der Waals surface area (Å²) in [6, 6.07) is 10.9. The average Bonchev–Trinajstić information content (AvgIpc) is 3.29. The molecule has 4 rings (SSSR count). The van der Waals surface area contributed by atoms with Crippen molar-refractivity contribution in [2.75, 3.05) is 38.2 Å². The van der Waals surface area contributed by atoms with Crippen molar-refractivity contribution in [3.63, 3.8) is 0 Å². The average molecular weight is 418 g/mol. The van der Waals surface area contributed by atoms with E-state index >= 15 is 0 Å². The predicted octanol–water partition coefficient (Wildman–Crippen LogP) is 2.40. The lowest BCUT2D eigenvalue weighted by atomic mass is 10.3. The fraction of sp³-hybridized carbons (Fsp3) is 0.263. The minimum Gasteiger partial charge on any atom is -0.494 e. The zero-order valence-corrected chi connectivity index (χ0v) is 16.5. The van der Waals surface area contributed by atoms with Crippen LogP contribution in [0.25, 0.3) is 11.5 Å². The third-order valence-electron chi connectivity index (χ3n) is 4.75. The molecule has 0 aliphatic carbocycles. The van der Waals surface area contributed by atoms with Gasteiger partial charge in [-0.15, -0.1) is 10.2 Å². The van der Waals surface area contributed by atoms with Gasteiger partial charge in [0.2, 0.25) is 10.0 Å². The number of halogens is 1. The van der Waals surface area contributed by atoms with E-state index < -0.39 is 15.8 Å². The summed E-state index contributed by atoms with van der Waals surface area (Å²) in [6.07, 6.45) is 1.57. The summed E-state index contributed by atoms with van der Waals surface area (Å²) in [7, 11) is -2.46. The normalized spacial score (nSPS) is 15.4. The van der Waals surface area contributed by atoms with E-state index in [0.717, 1.165) is 6.07 Å². The summed E-state index contributed by atoms with van der Waals surface area (Å²) in [5.74, 6) is 0.587. The van der Waals surface area contributed by atoms with Crippen LogP contribution in [0.2, 0.25) is 0 Å². The van der Waals surface area contributed by atoms with Crippen LogP contribution in [0, 0.1) is 5.82 Å². The molecule has 8 nitrogen and oxygen atoms in total. The fourth-order valence-corrected chi connectivity index (χ4v) is 4.60. The Hall–Kier alpha value is -2.98. The monoisotopic (exact) mass is 418 g/mol. The maximum absolute atomic E-state index is 13.9. The van der Waals surface area contributed by atoms with Gasteiger partial charge in [0.15, 0.2) is 23.1 Å². The summed E-state index contributed by atoms with van der Waals surface area (Å²) < 4.78 is 51.1. The Labute approximate surface area is 167 Å². The second kappa shape index (κ2) is 7.80. The summed E-state index contributed by atoms with van der Waals surface area (Å²) in [6.45, 7) is 1.43. The van der Waals surface area contributed by atoms with E-state index in [1.807, 2.05) is 17.0 Å². The minimum atomic E-state index is -3.79. The Morgan fingerprint density at radius 2 is 1.86 bits per heavy atom. The van der Waals surface area contributed by atoms with Gasteiger partial charge >= 0.3 is 0 Å². The van der Waals surface area contributed by atoms with Crippen LogP contribution in [0.3, 0.4) is 0 Å². The molecule has 1 fully saturated rings. The Balaban J connectivity index is 1.44. The van der Waals surface area contributed by atoms with Gasteiger partial charge in [-0.1, -0.05) is 0 Å². The molecule has 3 aromatic rings. The standard InChI is InChI=1S/C19H19FN4O4S/c1-27-17-6-4-14(13-15(17)20)29(25,26)24-10-8-23(9-11-24)19-7-5-16(21-22-19)18-3-2-12-28-18/h2-7,12-13H,8-11H2,1H3. The van der Waals surface area contributed by atoms with Crippen molar-refractivity contribution in [2.45, 2.75) is 4.90 Å². The third-order valence-corrected chi connectivity index (χ3v) is 6.64. The number of furan rings is 1. The van der Waals surface area contributed by atoms with Gasteiger partial charge in [0.25, 0.3) is 0 Å². The van der Waals surface area contributed by atoms with Gasteiger partial charge < -0.3 is 14.1 Å². The van der Waals surface area contributed by atoms with E-state index in [1.165, 1.54) is 23.5 Å². The molecular weight excluding hydrogens is 399 g/mol. The first-order valence-corrected chi connectivity index (χ1v) is 10.4. The molecule has 1 aliphatic heterocycles. The van der Waals surface area contributed by atoms with E-state index in [2.05, 4.69) is 10.2 Å². The number of nitrogens with zero attached hydrogens (tertiary/aromatic N) is 4. The molecule has 29 heavy (non-hydrogen) atoms. The molecule has 0 N–H and O–H groups in total. The van der Waals surface area contributed by atoms with Crippen LogP contribution in [0.4, 0.5) is 10.2 Å². The molecule has 0 spiro atoms. The van der Waals surface area contributed by atoms with Crippen molar-refractivity contribution < 1.29 is 22.0 Å². The number of anilines is 1. The Morgan fingerprint density at radius 1 is 1.07 bits per heavy atom. The number of hydrogen-bond donors (Lipinski definition) is 0. The van der Waals surface area contributed by atoms with Gasteiger partial charge in [0.1, 0.15) is 5.69 Å². The van der Waals surface area contributed by atoms with Crippen molar-refractivity contribution in [1.29, 1.82) is 0 Å². The zero-order valence-electron chi connectivity index (χ0n) is 15.7. The molecule has 0 unspecified atom stereocenters. The highest BCUT2D eigenvalue weighted by atomic mass is 32.2. The van der Waals surface area contributed by atoms with Crippen LogP contribution in [0.5, 0.6) is 5.75 Å². The molecule has 1 saturated heterocycles. The Kier molecular flexibility index (Phi) is 5.20. The number of sulfonamides is 1. The quantitative estimate of drug-likeness (QED) is 0.629. The predicted molar refractivity (Wildman–Crippen MR) is 104 cm³/mol. The van der Waals surface area contributed by atoms with Gasteiger partial charge in [-0.25, -0.2) is 12.8 Å². The molecule has 0 amide bonds. The maximum atomic E-state index is 13.9. The molecule has 0 bridgehead atoms. The van der Waals surface area contributed by atoms with E-state index in [0.29, 0.717) is 30.4 Å². The van der Waals surface area contributed by atoms with Crippen LogP contribution < -0.4 is 9.64 Å². The number of rotatable bonds is 5. The van der Waals surface area contributed by atoms with Crippen LogP contribution in [0.15, 0.2) is 58.0 Å².